The molecule has 0 saturated carbocycles. The Morgan fingerprint density at radius 3 is 3.00 bits per heavy atom. The molecule has 0 atom stereocenters. The van der Waals surface area contributed by atoms with Crippen molar-refractivity contribution in [1.82, 2.24) is 0 Å². The van der Waals surface area contributed by atoms with Crippen molar-refractivity contribution >= 4 is 30.6 Å². The van der Waals surface area contributed by atoms with Crippen molar-refractivity contribution in [2.45, 2.75) is 0 Å². The van der Waals surface area contributed by atoms with E-state index in [2.05, 4.69) is 4.99 Å². The second-order valence-corrected chi connectivity index (χ2v) is 3.58. The number of rotatable bonds is 0. The summed E-state index contributed by atoms with van der Waals surface area (Å²) in [6.07, 6.45) is 1.21. The topological polar surface area (TPSA) is 21.6 Å². The lowest BCUT2D eigenvalue weighted by Crippen LogP contribution is -2.01. The van der Waals surface area contributed by atoms with Gasteiger partial charge in [0.1, 0.15) is 0 Å². The highest BCUT2D eigenvalue weighted by atomic mass is 127. The van der Waals surface area contributed by atoms with Gasteiger partial charge in [-0.1, -0.05) is 0 Å². The van der Waals surface area contributed by atoms with Crippen LogP contribution in [0.4, 0.5) is 4.39 Å². The van der Waals surface area contributed by atoms with Crippen molar-refractivity contribution in [2.75, 3.05) is 7.11 Å². The zero-order valence-electron chi connectivity index (χ0n) is 4.77. The fourth-order valence-corrected chi connectivity index (χ4v) is 1.64. The van der Waals surface area contributed by atoms with Crippen molar-refractivity contribution in [1.29, 1.82) is 0 Å². The Morgan fingerprint density at radius 1 is 1.78 bits per heavy atom. The van der Waals surface area contributed by atoms with Crippen LogP contribution in [0.15, 0.2) is 15.0 Å². The maximum Gasteiger partial charge on any atom is 0.218 e. The van der Waals surface area contributed by atoms with Crippen LogP contribution in [0.5, 0.6) is 0 Å². The Hall–Kier alpha value is -0.260. The minimum absolute atomic E-state index is 0.116. The molecule has 0 aromatic heterocycles. The highest BCUT2D eigenvalue weighted by molar-refractivity contribution is 14.2. The first kappa shape index (κ1) is 6.85. The minimum atomic E-state index is -0.581. The van der Waals surface area contributed by atoms with E-state index >= 15 is 0 Å². The zero-order valence-corrected chi connectivity index (χ0v) is 6.92. The fourth-order valence-electron chi connectivity index (χ4n) is 0.365. The average molecular weight is 241 g/mol. The summed E-state index contributed by atoms with van der Waals surface area (Å²) in [4.78, 5) is 3.66. The van der Waals surface area contributed by atoms with Gasteiger partial charge in [0.2, 0.25) is 5.90 Å². The molecule has 1 heterocycles. The predicted molar refractivity (Wildman–Crippen MR) is 43.7 cm³/mol. The second kappa shape index (κ2) is 3.05. The Balaban J connectivity index is 2.75. The van der Waals surface area contributed by atoms with Gasteiger partial charge in [-0.15, -0.1) is 0 Å². The predicted octanol–water partition coefficient (Wildman–Crippen LogP) is 1.59. The van der Waals surface area contributed by atoms with Crippen molar-refractivity contribution < 1.29 is 9.13 Å². The van der Waals surface area contributed by atoms with Crippen LogP contribution in [0.1, 0.15) is 0 Å². The first-order chi connectivity index (χ1) is 4.33. The Labute approximate surface area is 62.2 Å². The lowest BCUT2D eigenvalue weighted by Gasteiger charge is -1.98. The molecule has 0 spiro atoms. The number of ether oxygens (including phenoxy) is 1. The van der Waals surface area contributed by atoms with E-state index in [0.717, 1.165) is 0 Å². The monoisotopic (exact) mass is 241 g/mol. The van der Waals surface area contributed by atoms with E-state index in [-0.39, 0.29) is 3.83 Å². The SMILES string of the molecule is COC1=NC=C(F)I=C1. The van der Waals surface area contributed by atoms with Crippen LogP contribution in [0.2, 0.25) is 0 Å². The van der Waals surface area contributed by atoms with Gasteiger partial charge in [0.05, 0.1) is 13.3 Å². The standard InChI is InChI=1S/C5H5FINO/c1-9-5-2-7-4(6)3-8-5/h2-3H,1H3. The van der Waals surface area contributed by atoms with Crippen molar-refractivity contribution in [3.05, 3.63) is 10.0 Å². The maximum atomic E-state index is 12.2. The van der Waals surface area contributed by atoms with Gasteiger partial charge in [0.15, 0.2) is 3.83 Å². The summed E-state index contributed by atoms with van der Waals surface area (Å²) in [5, 5.41) is 0. The van der Waals surface area contributed by atoms with Gasteiger partial charge in [0, 0.05) is 4.01 Å². The highest BCUT2D eigenvalue weighted by Crippen LogP contribution is 2.17. The Bertz CT molecular complexity index is 197. The second-order valence-electron chi connectivity index (χ2n) is 1.31. The molecule has 2 nitrogen and oxygen atoms in total. The van der Waals surface area contributed by atoms with Gasteiger partial charge >= 0.3 is 0 Å². The smallest absolute Gasteiger partial charge is 0.218 e. The van der Waals surface area contributed by atoms with Crippen LogP contribution >= 0.6 is 20.7 Å². The molecule has 0 aromatic rings. The van der Waals surface area contributed by atoms with E-state index < -0.39 is 20.7 Å². The lowest BCUT2D eigenvalue weighted by molar-refractivity contribution is 0.413. The minimum Gasteiger partial charge on any atom is -0.481 e. The summed E-state index contributed by atoms with van der Waals surface area (Å²) in [6.45, 7) is 0. The van der Waals surface area contributed by atoms with E-state index in [4.69, 9.17) is 4.74 Å². The summed E-state index contributed by atoms with van der Waals surface area (Å²) in [6, 6.07) is 0. The van der Waals surface area contributed by atoms with Crippen LogP contribution in [0, 0.1) is 0 Å². The largest absolute Gasteiger partial charge is 0.481 e. The Kier molecular flexibility index (Phi) is 2.32. The number of halogens is 2. The molecule has 9 heavy (non-hydrogen) atoms. The molecular formula is C5H5FINO. The maximum absolute atomic E-state index is 12.2. The number of aliphatic imine (C=N–C) groups is 1. The quantitative estimate of drug-likeness (QED) is 0.590. The van der Waals surface area contributed by atoms with Gasteiger partial charge < -0.3 is 4.74 Å². The van der Waals surface area contributed by atoms with Crippen LogP contribution in [0.3, 0.4) is 0 Å². The summed E-state index contributed by atoms with van der Waals surface area (Å²) < 4.78 is 18.5. The third kappa shape index (κ3) is 1.85. The number of methoxy groups -OCH3 is 1. The van der Waals surface area contributed by atoms with E-state index in [1.54, 1.807) is 4.01 Å². The number of hydrogen-bond acceptors (Lipinski definition) is 2. The first-order valence-electron chi connectivity index (χ1n) is 2.27. The Morgan fingerprint density at radius 2 is 2.56 bits per heavy atom. The van der Waals surface area contributed by atoms with Gasteiger partial charge in [-0.3, -0.25) is 0 Å². The summed E-state index contributed by atoms with van der Waals surface area (Å²) >= 11 is -0.581. The molecule has 1 aliphatic rings. The van der Waals surface area contributed by atoms with Crippen LogP contribution < -0.4 is 0 Å². The molecule has 0 unspecified atom stereocenters. The van der Waals surface area contributed by atoms with E-state index in [9.17, 15) is 4.39 Å². The average Bonchev–Trinajstić information content (AvgIpc) is 1.90. The molecule has 1 aliphatic heterocycles. The normalized spacial score (nSPS) is 17.6. The first-order valence-corrected chi connectivity index (χ1v) is 4.59. The molecule has 0 amide bonds. The summed E-state index contributed by atoms with van der Waals surface area (Å²) in [5.41, 5.74) is 0. The van der Waals surface area contributed by atoms with Gasteiger partial charge in [-0.25, -0.2) is 4.99 Å². The molecule has 0 N–H and O–H groups in total. The number of hydrogen-bond donors (Lipinski definition) is 0. The molecule has 0 saturated heterocycles. The van der Waals surface area contributed by atoms with E-state index in [1.165, 1.54) is 13.3 Å². The molecule has 50 valence electrons. The summed E-state index contributed by atoms with van der Waals surface area (Å²) in [5.74, 6) is 0.532. The highest BCUT2D eigenvalue weighted by Gasteiger charge is 1.97. The van der Waals surface area contributed by atoms with E-state index in [1.807, 2.05) is 0 Å². The molecule has 1 rings (SSSR count). The van der Waals surface area contributed by atoms with Gasteiger partial charge in [-0.2, -0.15) is 4.39 Å². The third-order valence-corrected chi connectivity index (χ3v) is 2.47. The molecule has 0 fully saturated rings. The number of nitrogens with zero attached hydrogens (tertiary/aromatic N) is 1. The zero-order chi connectivity index (χ0) is 6.69. The molecule has 0 aliphatic carbocycles. The van der Waals surface area contributed by atoms with Crippen molar-refractivity contribution in [3.63, 3.8) is 0 Å². The van der Waals surface area contributed by atoms with Crippen molar-refractivity contribution in [2.24, 2.45) is 4.99 Å². The third-order valence-electron chi connectivity index (χ3n) is 0.751. The molecule has 0 bridgehead atoms. The van der Waals surface area contributed by atoms with Crippen LogP contribution in [-0.2, 0) is 4.74 Å². The molecular weight excluding hydrogens is 236 g/mol. The lowest BCUT2D eigenvalue weighted by atomic mass is 10.7. The van der Waals surface area contributed by atoms with Crippen LogP contribution in [-0.4, -0.2) is 17.0 Å². The van der Waals surface area contributed by atoms with Gasteiger partial charge in [0.25, 0.3) is 0 Å². The molecule has 0 radical (unpaired) electrons. The fraction of sp³-hybridized carbons (Fsp3) is 0.200. The van der Waals surface area contributed by atoms with Crippen molar-refractivity contribution in [3.8, 4) is 0 Å². The van der Waals surface area contributed by atoms with Gasteiger partial charge in [-0.05, 0) is 20.7 Å². The van der Waals surface area contributed by atoms with E-state index in [0.29, 0.717) is 5.90 Å². The van der Waals surface area contributed by atoms with Crippen LogP contribution in [0.25, 0.3) is 0 Å². The molecule has 0 aromatic carbocycles. The summed E-state index contributed by atoms with van der Waals surface area (Å²) in [7, 11) is 1.52. The molecule has 4 heteroatoms.